The summed E-state index contributed by atoms with van der Waals surface area (Å²) < 4.78 is 3.75. The number of hydrogen-bond acceptors (Lipinski definition) is 3. The molecule has 0 unspecified atom stereocenters. The number of benzene rings is 1. The number of nitrogens with one attached hydrogen (secondary N) is 1. The van der Waals surface area contributed by atoms with Crippen LogP contribution < -0.4 is 4.72 Å². The van der Waals surface area contributed by atoms with E-state index in [4.69, 9.17) is 0 Å². The van der Waals surface area contributed by atoms with Gasteiger partial charge in [0, 0.05) is 12.4 Å². The molecular formula is C17H23N2OS+. The maximum atomic E-state index is 9.60. The summed E-state index contributed by atoms with van der Waals surface area (Å²) in [6.07, 6.45) is 3.66. The maximum absolute atomic E-state index is 9.60. The molecule has 0 aliphatic carbocycles. The molecule has 3 nitrogen and oxygen atoms in total. The van der Waals surface area contributed by atoms with Crippen LogP contribution in [0.15, 0.2) is 48.8 Å². The van der Waals surface area contributed by atoms with Gasteiger partial charge in [-0.15, -0.1) is 4.72 Å². The van der Waals surface area contributed by atoms with Gasteiger partial charge in [-0.1, -0.05) is 30.3 Å². The fourth-order valence-electron chi connectivity index (χ4n) is 2.09. The third-order valence-electron chi connectivity index (χ3n) is 3.08. The number of hydrogen-bond donors (Lipinski definition) is 2. The van der Waals surface area contributed by atoms with Crippen LogP contribution in [-0.4, -0.2) is 14.8 Å². The molecule has 0 saturated heterocycles. The van der Waals surface area contributed by atoms with Gasteiger partial charge in [0.1, 0.15) is 10.8 Å². The summed E-state index contributed by atoms with van der Waals surface area (Å²) in [5, 5.41) is 9.60. The minimum atomic E-state index is 0.0305. The Hall–Kier alpha value is -1.36. The first-order valence-corrected chi connectivity index (χ1v) is 7.97. The van der Waals surface area contributed by atoms with Crippen LogP contribution >= 0.6 is 0 Å². The zero-order valence-corrected chi connectivity index (χ0v) is 13.6. The lowest BCUT2D eigenvalue weighted by atomic mass is 9.96. The SMILES string of the molecule is CC(C)(C)[SH+]N[C@@H](c1cccnc1)c1ccccc1CO. The summed E-state index contributed by atoms with van der Waals surface area (Å²) in [6, 6.07) is 12.0. The lowest BCUT2D eigenvalue weighted by molar-refractivity contribution is 0.280. The highest BCUT2D eigenvalue weighted by Crippen LogP contribution is 2.26. The second-order valence-electron chi connectivity index (χ2n) is 5.99. The van der Waals surface area contributed by atoms with E-state index in [2.05, 4.69) is 42.6 Å². The molecule has 0 aliphatic rings. The molecule has 2 N–H and O–H groups in total. The monoisotopic (exact) mass is 303 g/mol. The van der Waals surface area contributed by atoms with Crippen molar-refractivity contribution in [3.05, 3.63) is 65.5 Å². The Bertz CT molecular complexity index is 567. The van der Waals surface area contributed by atoms with Crippen molar-refractivity contribution >= 4 is 11.9 Å². The zero-order valence-electron chi connectivity index (χ0n) is 12.7. The molecule has 0 aliphatic heterocycles. The molecular weight excluding hydrogens is 280 g/mol. The van der Waals surface area contributed by atoms with Crippen molar-refractivity contribution in [1.82, 2.24) is 9.71 Å². The zero-order chi connectivity index (χ0) is 15.3. The fourth-order valence-corrected chi connectivity index (χ4v) is 2.89. The summed E-state index contributed by atoms with van der Waals surface area (Å²) in [6.45, 7) is 6.63. The summed E-state index contributed by atoms with van der Waals surface area (Å²) in [4.78, 5) is 4.23. The lowest BCUT2D eigenvalue weighted by Crippen LogP contribution is -2.32. The molecule has 1 aromatic heterocycles. The third kappa shape index (κ3) is 4.56. The summed E-state index contributed by atoms with van der Waals surface area (Å²) in [5.74, 6) is 0. The molecule has 0 radical (unpaired) electrons. The van der Waals surface area contributed by atoms with Crippen molar-refractivity contribution in [1.29, 1.82) is 0 Å². The molecule has 112 valence electrons. The van der Waals surface area contributed by atoms with Gasteiger partial charge in [0.25, 0.3) is 0 Å². The predicted molar refractivity (Wildman–Crippen MR) is 90.1 cm³/mol. The second kappa shape index (κ2) is 7.07. The third-order valence-corrected chi connectivity index (χ3v) is 4.14. The molecule has 0 spiro atoms. The van der Waals surface area contributed by atoms with E-state index >= 15 is 0 Å². The average molecular weight is 303 g/mol. The minimum absolute atomic E-state index is 0.0305. The number of thiol groups is 1. The standard InChI is InChI=1S/C17H22N2OS/c1-17(2,3)21-19-16(13-8-6-10-18-11-13)15-9-5-4-7-14(15)12-20/h4-11,16,19-20H,12H2,1-3H3/p+1/t16-/m0/s1. The normalized spacial score (nSPS) is 13.1. The lowest BCUT2D eigenvalue weighted by Gasteiger charge is -2.20. The Morgan fingerprint density at radius 3 is 2.57 bits per heavy atom. The van der Waals surface area contributed by atoms with Gasteiger partial charge < -0.3 is 5.11 Å². The quantitative estimate of drug-likeness (QED) is 0.659. The molecule has 0 bridgehead atoms. The van der Waals surface area contributed by atoms with E-state index < -0.39 is 0 Å². The average Bonchev–Trinajstić information content (AvgIpc) is 2.48. The van der Waals surface area contributed by atoms with Gasteiger partial charge in [-0.25, -0.2) is 0 Å². The van der Waals surface area contributed by atoms with Gasteiger partial charge in [0.2, 0.25) is 0 Å². The van der Waals surface area contributed by atoms with Crippen molar-refractivity contribution in [2.45, 2.75) is 38.2 Å². The largest absolute Gasteiger partial charge is 0.392 e. The second-order valence-corrected chi connectivity index (χ2v) is 7.81. The smallest absolute Gasteiger partial charge is 0.136 e. The molecule has 0 saturated carbocycles. The Kier molecular flexibility index (Phi) is 5.39. The highest BCUT2D eigenvalue weighted by atomic mass is 32.2. The molecule has 2 aromatic rings. The molecule has 1 heterocycles. The Morgan fingerprint density at radius 2 is 1.95 bits per heavy atom. The van der Waals surface area contributed by atoms with E-state index in [0.29, 0.717) is 0 Å². The van der Waals surface area contributed by atoms with Crippen molar-refractivity contribution in [3.63, 3.8) is 0 Å². The first-order valence-electron chi connectivity index (χ1n) is 7.07. The molecule has 1 atom stereocenters. The number of aliphatic hydroxyl groups is 1. The van der Waals surface area contributed by atoms with E-state index in [1.807, 2.05) is 30.5 Å². The minimum Gasteiger partial charge on any atom is -0.392 e. The molecule has 4 heteroatoms. The van der Waals surface area contributed by atoms with E-state index in [-0.39, 0.29) is 17.4 Å². The summed E-state index contributed by atoms with van der Waals surface area (Å²) in [5.41, 5.74) is 3.16. The highest BCUT2D eigenvalue weighted by molar-refractivity contribution is 7.77. The molecule has 0 fully saturated rings. The maximum Gasteiger partial charge on any atom is 0.136 e. The fraction of sp³-hybridized carbons (Fsp3) is 0.353. The molecule has 1 aromatic carbocycles. The first-order chi connectivity index (χ1) is 10.0. The van der Waals surface area contributed by atoms with Gasteiger partial charge in [-0.05, 0) is 43.5 Å². The van der Waals surface area contributed by atoms with E-state index in [1.54, 1.807) is 6.20 Å². The first kappa shape index (κ1) is 16.0. The highest BCUT2D eigenvalue weighted by Gasteiger charge is 2.26. The number of nitrogens with zero attached hydrogens (tertiary/aromatic N) is 1. The van der Waals surface area contributed by atoms with Crippen LogP contribution in [-0.2, 0) is 18.6 Å². The van der Waals surface area contributed by atoms with Crippen molar-refractivity contribution in [3.8, 4) is 0 Å². The van der Waals surface area contributed by atoms with Crippen LogP contribution in [0.1, 0.15) is 43.5 Å². The number of rotatable bonds is 5. The van der Waals surface area contributed by atoms with Gasteiger partial charge in [-0.2, -0.15) is 0 Å². The predicted octanol–water partition coefficient (Wildman–Crippen LogP) is 2.78. The Morgan fingerprint density at radius 1 is 1.19 bits per heavy atom. The van der Waals surface area contributed by atoms with Crippen LogP contribution in [0.3, 0.4) is 0 Å². The summed E-state index contributed by atoms with van der Waals surface area (Å²) in [7, 11) is 0. The van der Waals surface area contributed by atoms with Gasteiger partial charge >= 0.3 is 0 Å². The van der Waals surface area contributed by atoms with E-state index in [0.717, 1.165) is 28.6 Å². The molecule has 21 heavy (non-hydrogen) atoms. The number of aliphatic hydroxyl groups excluding tert-OH is 1. The van der Waals surface area contributed by atoms with Crippen molar-refractivity contribution < 1.29 is 5.11 Å². The van der Waals surface area contributed by atoms with Crippen LogP contribution in [0.5, 0.6) is 0 Å². The van der Waals surface area contributed by atoms with E-state index in [9.17, 15) is 5.11 Å². The van der Waals surface area contributed by atoms with Crippen LogP contribution in [0.4, 0.5) is 0 Å². The number of aromatic nitrogens is 1. The van der Waals surface area contributed by atoms with Crippen LogP contribution in [0.2, 0.25) is 0 Å². The van der Waals surface area contributed by atoms with Crippen molar-refractivity contribution in [2.24, 2.45) is 0 Å². The summed E-state index contributed by atoms with van der Waals surface area (Å²) >= 11 is 1.15. The molecule has 2 rings (SSSR count). The number of pyridine rings is 1. The Balaban J connectivity index is 2.36. The van der Waals surface area contributed by atoms with Crippen LogP contribution in [0, 0.1) is 0 Å². The van der Waals surface area contributed by atoms with Crippen molar-refractivity contribution in [2.75, 3.05) is 0 Å². The van der Waals surface area contributed by atoms with Gasteiger partial charge in [0.15, 0.2) is 0 Å². The van der Waals surface area contributed by atoms with Gasteiger partial charge in [0.05, 0.1) is 18.6 Å². The Labute approximate surface area is 131 Å². The molecule has 0 amide bonds. The van der Waals surface area contributed by atoms with Gasteiger partial charge in [-0.3, -0.25) is 4.98 Å². The van der Waals surface area contributed by atoms with E-state index in [1.165, 1.54) is 0 Å². The topological polar surface area (TPSA) is 45.2 Å². The van der Waals surface area contributed by atoms with Crippen LogP contribution in [0.25, 0.3) is 0 Å².